The van der Waals surface area contributed by atoms with Crippen molar-refractivity contribution in [3.63, 3.8) is 0 Å². The van der Waals surface area contributed by atoms with E-state index in [2.05, 4.69) is 32.4 Å². The maximum absolute atomic E-state index is 6.22. The van der Waals surface area contributed by atoms with Crippen molar-refractivity contribution < 1.29 is 0 Å². The highest BCUT2D eigenvalue weighted by Crippen LogP contribution is 2.22. The number of halogens is 1. The van der Waals surface area contributed by atoms with Crippen molar-refractivity contribution in [1.82, 2.24) is 34.7 Å². The molecule has 0 bridgehead atoms. The Bertz CT molecular complexity index is 1020. The average Bonchev–Trinajstić information content (AvgIpc) is 3.26. The van der Waals surface area contributed by atoms with E-state index in [1.165, 1.54) is 4.80 Å². The van der Waals surface area contributed by atoms with Gasteiger partial charge in [0.1, 0.15) is 5.69 Å². The van der Waals surface area contributed by atoms with Crippen molar-refractivity contribution in [2.24, 2.45) is 0 Å². The van der Waals surface area contributed by atoms with Gasteiger partial charge in [-0.05, 0) is 29.0 Å². The van der Waals surface area contributed by atoms with Crippen LogP contribution in [0.5, 0.6) is 0 Å². The van der Waals surface area contributed by atoms with Gasteiger partial charge in [0.05, 0.1) is 19.1 Å². The third kappa shape index (κ3) is 3.27. The van der Waals surface area contributed by atoms with E-state index in [0.717, 1.165) is 27.5 Å². The number of hydrogen-bond donors (Lipinski definition) is 0. The summed E-state index contributed by atoms with van der Waals surface area (Å²) in [6.45, 7) is 0.643. The summed E-state index contributed by atoms with van der Waals surface area (Å²) in [5.74, 6) is 0.495. The van der Waals surface area contributed by atoms with Crippen LogP contribution in [0.3, 0.4) is 0 Å². The van der Waals surface area contributed by atoms with Crippen LogP contribution in [-0.4, -0.2) is 34.7 Å². The van der Waals surface area contributed by atoms with Crippen molar-refractivity contribution >= 4 is 11.6 Å². The second-order valence-corrected chi connectivity index (χ2v) is 5.84. The zero-order valence-corrected chi connectivity index (χ0v) is 13.9. The minimum atomic E-state index is 0.495. The number of rotatable bonds is 4. The van der Waals surface area contributed by atoms with E-state index in [4.69, 9.17) is 11.6 Å². The summed E-state index contributed by atoms with van der Waals surface area (Å²) in [6, 6.07) is 11.4. The van der Waals surface area contributed by atoms with E-state index in [-0.39, 0.29) is 0 Å². The quantitative estimate of drug-likeness (QED) is 0.565. The Balaban J connectivity index is 1.61. The maximum atomic E-state index is 6.22. The summed E-state index contributed by atoms with van der Waals surface area (Å²) in [5, 5.41) is 12.5. The zero-order chi connectivity index (χ0) is 17.2. The minimum absolute atomic E-state index is 0.495. The van der Waals surface area contributed by atoms with Crippen LogP contribution in [0.1, 0.15) is 5.56 Å². The van der Waals surface area contributed by atoms with Crippen LogP contribution in [0.2, 0.25) is 5.02 Å². The van der Waals surface area contributed by atoms with Crippen LogP contribution in [0.15, 0.2) is 55.1 Å². The van der Waals surface area contributed by atoms with Gasteiger partial charge in [0.25, 0.3) is 0 Å². The number of imidazole rings is 1. The van der Waals surface area contributed by atoms with E-state index in [1.54, 1.807) is 12.5 Å². The van der Waals surface area contributed by atoms with E-state index < -0.39 is 0 Å². The molecule has 0 amide bonds. The van der Waals surface area contributed by atoms with Gasteiger partial charge in [-0.15, -0.1) is 10.2 Å². The van der Waals surface area contributed by atoms with Gasteiger partial charge in [-0.3, -0.25) is 4.98 Å². The summed E-state index contributed by atoms with van der Waals surface area (Å²) < 4.78 is 1.97. The molecule has 3 aromatic heterocycles. The molecule has 0 saturated heterocycles. The molecule has 0 N–H and O–H groups in total. The first kappa shape index (κ1) is 15.5. The lowest BCUT2D eigenvalue weighted by molar-refractivity contribution is 0.714. The summed E-state index contributed by atoms with van der Waals surface area (Å²) in [5.41, 5.74) is 3.33. The van der Waals surface area contributed by atoms with Crippen molar-refractivity contribution in [3.8, 4) is 22.8 Å². The monoisotopic (exact) mass is 350 g/mol. The van der Waals surface area contributed by atoms with E-state index in [0.29, 0.717) is 12.4 Å². The highest BCUT2D eigenvalue weighted by molar-refractivity contribution is 6.31. The average molecular weight is 351 g/mol. The molecule has 4 rings (SSSR count). The van der Waals surface area contributed by atoms with Crippen molar-refractivity contribution in [2.45, 2.75) is 6.54 Å². The van der Waals surface area contributed by atoms with E-state index >= 15 is 0 Å². The molecule has 0 unspecified atom stereocenters. The molecule has 1 radical (unpaired) electrons. The highest BCUT2D eigenvalue weighted by atomic mass is 35.5. The second kappa shape index (κ2) is 6.45. The first-order valence-corrected chi connectivity index (χ1v) is 7.90. The van der Waals surface area contributed by atoms with Crippen LogP contribution >= 0.6 is 11.6 Å². The summed E-state index contributed by atoms with van der Waals surface area (Å²) in [7, 11) is 3.59. The van der Waals surface area contributed by atoms with E-state index in [1.807, 2.05) is 47.2 Å². The van der Waals surface area contributed by atoms with Gasteiger partial charge >= 0.3 is 0 Å². The number of aromatic nitrogens is 7. The van der Waals surface area contributed by atoms with Gasteiger partial charge in [-0.1, -0.05) is 29.8 Å². The van der Waals surface area contributed by atoms with Gasteiger partial charge in [-0.25, -0.2) is 4.98 Å². The molecule has 1 aromatic carbocycles. The normalized spacial score (nSPS) is 11.0. The SMILES string of the molecule is [CH2]n1nnc(-c2ccnc(-c3cn(Cc4ccccc4Cl)cn3)c2)n1. The Morgan fingerprint density at radius 1 is 1.08 bits per heavy atom. The van der Waals surface area contributed by atoms with E-state index in [9.17, 15) is 0 Å². The molecule has 0 spiro atoms. The molecule has 4 aromatic rings. The largest absolute Gasteiger partial charge is 0.332 e. The molecular formula is C17H13ClN7. The molecule has 123 valence electrons. The van der Waals surface area contributed by atoms with Gasteiger partial charge in [-0.2, -0.15) is 4.80 Å². The van der Waals surface area contributed by atoms with Crippen LogP contribution in [-0.2, 0) is 6.54 Å². The van der Waals surface area contributed by atoms with Gasteiger partial charge in [0.15, 0.2) is 0 Å². The van der Waals surface area contributed by atoms with Crippen molar-refractivity contribution in [2.75, 3.05) is 0 Å². The van der Waals surface area contributed by atoms with Crippen molar-refractivity contribution in [3.05, 3.63) is 72.8 Å². The molecule has 0 fully saturated rings. The van der Waals surface area contributed by atoms with Gasteiger partial charge in [0.2, 0.25) is 5.82 Å². The number of pyridine rings is 1. The lowest BCUT2D eigenvalue weighted by Crippen LogP contribution is -1.96. The van der Waals surface area contributed by atoms with Crippen LogP contribution < -0.4 is 0 Å². The Labute approximate surface area is 148 Å². The first-order chi connectivity index (χ1) is 12.2. The zero-order valence-electron chi connectivity index (χ0n) is 13.1. The van der Waals surface area contributed by atoms with Crippen LogP contribution in [0, 0.1) is 7.05 Å². The summed E-state index contributed by atoms with van der Waals surface area (Å²) >= 11 is 6.22. The Kier molecular flexibility index (Phi) is 3.99. The van der Waals surface area contributed by atoms with Gasteiger partial charge < -0.3 is 4.57 Å². The predicted molar refractivity (Wildman–Crippen MR) is 93.6 cm³/mol. The Morgan fingerprint density at radius 2 is 1.96 bits per heavy atom. The number of tetrazole rings is 1. The number of benzene rings is 1. The number of nitrogens with zero attached hydrogens (tertiary/aromatic N) is 7. The third-order valence-electron chi connectivity index (χ3n) is 3.68. The fraction of sp³-hybridized carbons (Fsp3) is 0.0588. The smallest absolute Gasteiger partial charge is 0.205 e. The number of hydrogen-bond acceptors (Lipinski definition) is 5. The van der Waals surface area contributed by atoms with Gasteiger partial charge in [0, 0.05) is 29.5 Å². The Hall–Kier alpha value is -3.06. The standard InChI is InChI=1S/C17H13ClN7/c1-24-22-17(21-23-24)12-6-7-19-15(8-12)16-10-25(11-20-16)9-13-4-2-3-5-14(13)18/h2-8,10-11H,1,9H2. The molecule has 0 aliphatic heterocycles. The summed E-state index contributed by atoms with van der Waals surface area (Å²) in [4.78, 5) is 9.99. The third-order valence-corrected chi connectivity index (χ3v) is 4.05. The molecule has 0 saturated carbocycles. The molecular weight excluding hydrogens is 338 g/mol. The fourth-order valence-electron chi connectivity index (χ4n) is 2.47. The van der Waals surface area contributed by atoms with Crippen molar-refractivity contribution in [1.29, 1.82) is 0 Å². The topological polar surface area (TPSA) is 74.3 Å². The maximum Gasteiger partial charge on any atom is 0.205 e. The molecule has 25 heavy (non-hydrogen) atoms. The molecule has 0 atom stereocenters. The summed E-state index contributed by atoms with van der Waals surface area (Å²) in [6.07, 6.45) is 5.39. The highest BCUT2D eigenvalue weighted by Gasteiger charge is 2.10. The second-order valence-electron chi connectivity index (χ2n) is 5.44. The molecule has 8 heteroatoms. The fourth-order valence-corrected chi connectivity index (χ4v) is 2.67. The molecule has 3 heterocycles. The Morgan fingerprint density at radius 3 is 2.76 bits per heavy atom. The minimum Gasteiger partial charge on any atom is -0.332 e. The van der Waals surface area contributed by atoms with Crippen LogP contribution in [0.4, 0.5) is 0 Å². The first-order valence-electron chi connectivity index (χ1n) is 7.52. The molecule has 0 aliphatic carbocycles. The molecule has 0 aliphatic rings. The molecule has 7 nitrogen and oxygen atoms in total. The lowest BCUT2D eigenvalue weighted by atomic mass is 10.2. The lowest BCUT2D eigenvalue weighted by Gasteiger charge is -2.04. The van der Waals surface area contributed by atoms with Crippen LogP contribution in [0.25, 0.3) is 22.8 Å². The predicted octanol–water partition coefficient (Wildman–Crippen LogP) is 2.94.